The van der Waals surface area contributed by atoms with Gasteiger partial charge in [-0.1, -0.05) is 17.7 Å². The van der Waals surface area contributed by atoms with Gasteiger partial charge in [0.1, 0.15) is 11.8 Å². The van der Waals surface area contributed by atoms with Crippen molar-refractivity contribution < 1.29 is 19.4 Å². The zero-order chi connectivity index (χ0) is 14.7. The molecule has 108 valence electrons. The molecule has 0 saturated heterocycles. The molecule has 1 aromatic rings. The predicted octanol–water partition coefficient (Wildman–Crippen LogP) is 1.53. The van der Waals surface area contributed by atoms with Crippen molar-refractivity contribution >= 4 is 11.9 Å². The first-order valence-corrected chi connectivity index (χ1v) is 6.67. The van der Waals surface area contributed by atoms with Crippen molar-refractivity contribution in [2.75, 3.05) is 7.11 Å². The van der Waals surface area contributed by atoms with Gasteiger partial charge in [0.05, 0.1) is 13.5 Å². The van der Waals surface area contributed by atoms with E-state index in [-0.39, 0.29) is 18.2 Å². The molecule has 0 aromatic heterocycles. The number of methoxy groups -OCH3 is 1. The number of carboxylic acids is 1. The van der Waals surface area contributed by atoms with E-state index in [0.29, 0.717) is 5.75 Å². The SMILES string of the molecule is COc1ccc(C)cc1CC(=O)NC(C(=O)O)C1CC1. The summed E-state index contributed by atoms with van der Waals surface area (Å²) in [7, 11) is 1.55. The second kappa shape index (κ2) is 5.94. The standard InChI is InChI=1S/C15H19NO4/c1-9-3-6-12(20-2)11(7-9)8-13(17)16-14(15(18)19)10-4-5-10/h3,6-7,10,14H,4-5,8H2,1-2H3,(H,16,17)(H,18,19). The highest BCUT2D eigenvalue weighted by molar-refractivity contribution is 5.85. The van der Waals surface area contributed by atoms with Crippen molar-refractivity contribution in [1.29, 1.82) is 0 Å². The molecule has 1 aliphatic carbocycles. The van der Waals surface area contributed by atoms with E-state index in [4.69, 9.17) is 9.84 Å². The highest BCUT2D eigenvalue weighted by Gasteiger charge is 2.37. The lowest BCUT2D eigenvalue weighted by molar-refractivity contribution is -0.142. The molecule has 0 spiro atoms. The van der Waals surface area contributed by atoms with Gasteiger partial charge in [0.25, 0.3) is 0 Å². The molecule has 5 nitrogen and oxygen atoms in total. The van der Waals surface area contributed by atoms with Gasteiger partial charge in [-0.05, 0) is 31.7 Å². The fraction of sp³-hybridized carbons (Fsp3) is 0.467. The minimum Gasteiger partial charge on any atom is -0.496 e. The minimum atomic E-state index is -0.961. The number of carboxylic acid groups (broad SMARTS) is 1. The van der Waals surface area contributed by atoms with Crippen LogP contribution in [0.25, 0.3) is 0 Å². The maximum atomic E-state index is 12.0. The van der Waals surface area contributed by atoms with Crippen LogP contribution in [-0.2, 0) is 16.0 Å². The van der Waals surface area contributed by atoms with Crippen molar-refractivity contribution in [2.24, 2.45) is 5.92 Å². The smallest absolute Gasteiger partial charge is 0.326 e. The van der Waals surface area contributed by atoms with Crippen molar-refractivity contribution in [1.82, 2.24) is 5.32 Å². The predicted molar refractivity (Wildman–Crippen MR) is 73.7 cm³/mol. The first-order chi connectivity index (χ1) is 9.51. The Morgan fingerprint density at radius 2 is 2.15 bits per heavy atom. The summed E-state index contributed by atoms with van der Waals surface area (Å²) in [5, 5.41) is 11.7. The summed E-state index contributed by atoms with van der Waals surface area (Å²) in [4.78, 5) is 23.1. The largest absolute Gasteiger partial charge is 0.496 e. The number of rotatable bonds is 6. The lowest BCUT2D eigenvalue weighted by Gasteiger charge is -2.14. The molecule has 1 fully saturated rings. The number of ether oxygens (including phenoxy) is 1. The third-order valence-corrected chi connectivity index (χ3v) is 3.46. The Morgan fingerprint density at radius 3 is 2.70 bits per heavy atom. The highest BCUT2D eigenvalue weighted by atomic mass is 16.5. The molecule has 1 aliphatic rings. The van der Waals surface area contributed by atoms with E-state index in [9.17, 15) is 9.59 Å². The highest BCUT2D eigenvalue weighted by Crippen LogP contribution is 2.32. The number of carbonyl (C=O) groups is 2. The van der Waals surface area contributed by atoms with Crippen LogP contribution in [-0.4, -0.2) is 30.1 Å². The Hall–Kier alpha value is -2.04. The van der Waals surface area contributed by atoms with E-state index >= 15 is 0 Å². The molecule has 1 amide bonds. The van der Waals surface area contributed by atoms with E-state index in [1.165, 1.54) is 0 Å². The molecule has 2 rings (SSSR count). The molecular weight excluding hydrogens is 258 g/mol. The molecule has 0 radical (unpaired) electrons. The summed E-state index contributed by atoms with van der Waals surface area (Å²) >= 11 is 0. The molecule has 0 aliphatic heterocycles. The van der Waals surface area contributed by atoms with Crippen LogP contribution in [0.5, 0.6) is 5.75 Å². The summed E-state index contributed by atoms with van der Waals surface area (Å²) in [5.74, 6) is -0.523. The van der Waals surface area contributed by atoms with Crippen LogP contribution in [0.3, 0.4) is 0 Å². The summed E-state index contributed by atoms with van der Waals surface area (Å²) in [6, 6.07) is 4.84. The monoisotopic (exact) mass is 277 g/mol. The first-order valence-electron chi connectivity index (χ1n) is 6.67. The topological polar surface area (TPSA) is 75.6 Å². The van der Waals surface area contributed by atoms with Crippen molar-refractivity contribution in [3.8, 4) is 5.75 Å². The van der Waals surface area contributed by atoms with Crippen LogP contribution >= 0.6 is 0 Å². The third kappa shape index (κ3) is 3.50. The van der Waals surface area contributed by atoms with E-state index in [2.05, 4.69) is 5.32 Å². The van der Waals surface area contributed by atoms with E-state index in [1.54, 1.807) is 7.11 Å². The quantitative estimate of drug-likeness (QED) is 0.826. The van der Waals surface area contributed by atoms with Gasteiger partial charge in [0.15, 0.2) is 0 Å². The number of hydrogen-bond acceptors (Lipinski definition) is 3. The number of benzene rings is 1. The van der Waals surface area contributed by atoms with Crippen LogP contribution in [0, 0.1) is 12.8 Å². The molecule has 20 heavy (non-hydrogen) atoms. The average Bonchev–Trinajstić information content (AvgIpc) is 3.20. The summed E-state index contributed by atoms with van der Waals surface area (Å²) < 4.78 is 5.22. The normalized spacial score (nSPS) is 15.5. The van der Waals surface area contributed by atoms with Gasteiger partial charge in [-0.15, -0.1) is 0 Å². The fourth-order valence-corrected chi connectivity index (χ4v) is 2.25. The van der Waals surface area contributed by atoms with Crippen LogP contribution in [0.15, 0.2) is 18.2 Å². The van der Waals surface area contributed by atoms with Gasteiger partial charge in [-0.2, -0.15) is 0 Å². The van der Waals surface area contributed by atoms with Crippen LogP contribution in [0.4, 0.5) is 0 Å². The van der Waals surface area contributed by atoms with Crippen molar-refractivity contribution in [3.63, 3.8) is 0 Å². The van der Waals surface area contributed by atoms with Crippen LogP contribution in [0.1, 0.15) is 24.0 Å². The minimum absolute atomic E-state index is 0.0795. The van der Waals surface area contributed by atoms with Gasteiger partial charge < -0.3 is 15.2 Å². The molecule has 0 bridgehead atoms. The lowest BCUT2D eigenvalue weighted by atomic mass is 10.1. The second-order valence-corrected chi connectivity index (χ2v) is 5.21. The second-order valence-electron chi connectivity index (χ2n) is 5.21. The molecule has 1 saturated carbocycles. The number of hydrogen-bond donors (Lipinski definition) is 2. The zero-order valence-corrected chi connectivity index (χ0v) is 11.7. The summed E-state index contributed by atoms with van der Waals surface area (Å²) in [6.45, 7) is 1.94. The van der Waals surface area contributed by atoms with Gasteiger partial charge in [-0.3, -0.25) is 4.79 Å². The number of amides is 1. The van der Waals surface area contributed by atoms with E-state index in [1.807, 2.05) is 25.1 Å². The van der Waals surface area contributed by atoms with Crippen molar-refractivity contribution in [3.05, 3.63) is 29.3 Å². The summed E-state index contributed by atoms with van der Waals surface area (Å²) in [6.07, 6.45) is 1.86. The van der Waals surface area contributed by atoms with Gasteiger partial charge in [0.2, 0.25) is 5.91 Å². The van der Waals surface area contributed by atoms with Crippen molar-refractivity contribution in [2.45, 2.75) is 32.2 Å². The van der Waals surface area contributed by atoms with Gasteiger partial charge in [0, 0.05) is 5.56 Å². The lowest BCUT2D eigenvalue weighted by Crippen LogP contribution is -2.43. The molecule has 1 aromatic carbocycles. The first kappa shape index (κ1) is 14.4. The van der Waals surface area contributed by atoms with E-state index < -0.39 is 12.0 Å². The molecule has 5 heteroatoms. The molecule has 0 heterocycles. The third-order valence-electron chi connectivity index (χ3n) is 3.46. The maximum absolute atomic E-state index is 12.0. The van der Waals surface area contributed by atoms with Crippen LogP contribution in [0.2, 0.25) is 0 Å². The number of aliphatic carboxylic acids is 1. The number of aryl methyl sites for hydroxylation is 1. The molecular formula is C15H19NO4. The Morgan fingerprint density at radius 1 is 1.45 bits per heavy atom. The van der Waals surface area contributed by atoms with E-state index in [0.717, 1.165) is 24.0 Å². The van der Waals surface area contributed by atoms with Crippen LogP contribution < -0.4 is 10.1 Å². The summed E-state index contributed by atoms with van der Waals surface area (Å²) in [5.41, 5.74) is 1.80. The Kier molecular flexibility index (Phi) is 4.27. The van der Waals surface area contributed by atoms with Gasteiger partial charge in [-0.25, -0.2) is 4.79 Å². The Balaban J connectivity index is 2.03. The number of nitrogens with one attached hydrogen (secondary N) is 1. The Bertz CT molecular complexity index is 523. The molecule has 2 N–H and O–H groups in total. The number of carbonyl (C=O) groups excluding carboxylic acids is 1. The average molecular weight is 277 g/mol. The fourth-order valence-electron chi connectivity index (χ4n) is 2.25. The zero-order valence-electron chi connectivity index (χ0n) is 11.7. The van der Waals surface area contributed by atoms with Gasteiger partial charge >= 0.3 is 5.97 Å². The maximum Gasteiger partial charge on any atom is 0.326 e. The molecule has 1 unspecified atom stereocenters. The Labute approximate surface area is 117 Å². The molecule has 1 atom stereocenters.